The lowest BCUT2D eigenvalue weighted by Crippen LogP contribution is -2.48. The number of hydrogen-bond acceptors (Lipinski definition) is 4. The van der Waals surface area contributed by atoms with Crippen molar-refractivity contribution in [1.29, 1.82) is 0 Å². The highest BCUT2D eigenvalue weighted by Crippen LogP contribution is 2.44. The van der Waals surface area contributed by atoms with E-state index < -0.39 is 0 Å². The molecule has 3 rings (SSSR count). The Labute approximate surface area is 126 Å². The Hall–Kier alpha value is -1.26. The Morgan fingerprint density at radius 3 is 2.90 bits per heavy atom. The molecule has 0 radical (unpaired) electrons. The molecule has 0 aromatic heterocycles. The van der Waals surface area contributed by atoms with Crippen LogP contribution in [0.3, 0.4) is 0 Å². The van der Waals surface area contributed by atoms with Gasteiger partial charge in [-0.2, -0.15) is 0 Å². The van der Waals surface area contributed by atoms with Crippen molar-refractivity contribution in [2.45, 2.75) is 57.3 Å². The molecule has 1 saturated carbocycles. The summed E-state index contributed by atoms with van der Waals surface area (Å²) in [4.78, 5) is 0. The number of ether oxygens (including phenoxy) is 3. The fraction of sp³-hybridized carbons (Fsp3) is 0.647. The van der Waals surface area contributed by atoms with Gasteiger partial charge in [0.25, 0.3) is 0 Å². The Bertz CT molecular complexity index is 482. The van der Waals surface area contributed by atoms with Crippen LogP contribution in [0, 0.1) is 0 Å². The molecule has 4 heteroatoms. The van der Waals surface area contributed by atoms with Crippen LogP contribution < -0.4 is 9.47 Å². The average molecular weight is 292 g/mol. The normalized spacial score (nSPS) is 23.6. The summed E-state index contributed by atoms with van der Waals surface area (Å²) in [6.45, 7) is 3.26. The van der Waals surface area contributed by atoms with Crippen molar-refractivity contribution in [1.82, 2.24) is 0 Å². The van der Waals surface area contributed by atoms with Crippen LogP contribution in [-0.4, -0.2) is 30.0 Å². The number of para-hydroxylation sites is 1. The van der Waals surface area contributed by atoms with E-state index in [2.05, 4.69) is 0 Å². The molecule has 1 unspecified atom stereocenters. The molecule has 116 valence electrons. The van der Waals surface area contributed by atoms with E-state index in [0.29, 0.717) is 12.4 Å². The van der Waals surface area contributed by atoms with Crippen LogP contribution in [-0.2, 0) is 11.3 Å². The fourth-order valence-electron chi connectivity index (χ4n) is 3.26. The third-order valence-corrected chi connectivity index (χ3v) is 4.53. The van der Waals surface area contributed by atoms with Gasteiger partial charge >= 0.3 is 0 Å². The molecule has 1 N–H and O–H groups in total. The predicted octanol–water partition coefficient (Wildman–Crippen LogP) is 3.06. The zero-order valence-electron chi connectivity index (χ0n) is 12.6. The summed E-state index contributed by atoms with van der Waals surface area (Å²) in [6, 6.07) is 5.67. The molecule has 21 heavy (non-hydrogen) atoms. The monoisotopic (exact) mass is 292 g/mol. The summed E-state index contributed by atoms with van der Waals surface area (Å²) in [5.74, 6) is 1.42. The van der Waals surface area contributed by atoms with E-state index in [1.807, 2.05) is 25.1 Å². The lowest BCUT2D eigenvalue weighted by Gasteiger charge is -2.47. The summed E-state index contributed by atoms with van der Waals surface area (Å²) in [6.07, 6.45) is 5.53. The van der Waals surface area contributed by atoms with Crippen LogP contribution >= 0.6 is 0 Å². The van der Waals surface area contributed by atoms with Gasteiger partial charge in [0.2, 0.25) is 0 Å². The number of benzene rings is 1. The minimum Gasteiger partial charge on any atom is -0.490 e. The van der Waals surface area contributed by atoms with Gasteiger partial charge in [0, 0.05) is 18.4 Å². The largest absolute Gasteiger partial charge is 0.490 e. The van der Waals surface area contributed by atoms with Gasteiger partial charge in [-0.25, -0.2) is 0 Å². The van der Waals surface area contributed by atoms with Gasteiger partial charge in [0.15, 0.2) is 11.5 Å². The van der Waals surface area contributed by atoms with Gasteiger partial charge in [0.1, 0.15) is 6.10 Å². The van der Waals surface area contributed by atoms with Crippen molar-refractivity contribution >= 4 is 0 Å². The summed E-state index contributed by atoms with van der Waals surface area (Å²) in [7, 11) is 0. The summed E-state index contributed by atoms with van der Waals surface area (Å²) in [5.41, 5.74) is 0.846. The topological polar surface area (TPSA) is 47.9 Å². The first-order chi connectivity index (χ1) is 10.3. The second-order valence-electron chi connectivity index (χ2n) is 5.95. The summed E-state index contributed by atoms with van der Waals surface area (Å²) in [5, 5.41) is 9.54. The van der Waals surface area contributed by atoms with E-state index in [4.69, 9.17) is 14.2 Å². The molecule has 1 heterocycles. The van der Waals surface area contributed by atoms with Gasteiger partial charge in [-0.15, -0.1) is 0 Å². The molecule has 0 amide bonds. The van der Waals surface area contributed by atoms with Crippen LogP contribution in [0.15, 0.2) is 18.2 Å². The van der Waals surface area contributed by atoms with Crippen LogP contribution in [0.5, 0.6) is 11.5 Å². The third kappa shape index (κ3) is 3.01. The van der Waals surface area contributed by atoms with Crippen LogP contribution in [0.4, 0.5) is 0 Å². The Balaban J connectivity index is 1.76. The highest BCUT2D eigenvalue weighted by Gasteiger charge is 2.43. The molecule has 1 aliphatic carbocycles. The highest BCUT2D eigenvalue weighted by atomic mass is 16.5. The molecule has 1 aromatic rings. The standard InChI is InChI=1S/C17H24O4/c1-2-19-15-6-3-5-13(12-18)16(15)21-14-7-10-20-17(11-14)8-4-9-17/h3,5-6,14,18H,2,4,7-12H2,1H3. The molecule has 1 atom stereocenters. The second kappa shape index (κ2) is 6.24. The third-order valence-electron chi connectivity index (χ3n) is 4.53. The first kappa shape index (κ1) is 14.7. The maximum atomic E-state index is 9.54. The molecular formula is C17H24O4. The van der Waals surface area contributed by atoms with Crippen molar-refractivity contribution in [3.8, 4) is 11.5 Å². The van der Waals surface area contributed by atoms with E-state index in [-0.39, 0.29) is 18.3 Å². The van der Waals surface area contributed by atoms with E-state index in [9.17, 15) is 5.11 Å². The molecule has 1 spiro atoms. The average Bonchev–Trinajstić information content (AvgIpc) is 2.48. The number of aliphatic hydroxyl groups excluding tert-OH is 1. The molecule has 1 aromatic carbocycles. The summed E-state index contributed by atoms with van der Waals surface area (Å²) >= 11 is 0. The Kier molecular flexibility index (Phi) is 4.36. The van der Waals surface area contributed by atoms with E-state index in [1.54, 1.807) is 0 Å². The fourth-order valence-corrected chi connectivity index (χ4v) is 3.26. The first-order valence-corrected chi connectivity index (χ1v) is 7.92. The van der Waals surface area contributed by atoms with Gasteiger partial charge < -0.3 is 19.3 Å². The predicted molar refractivity (Wildman–Crippen MR) is 79.7 cm³/mol. The lowest BCUT2D eigenvalue weighted by atomic mass is 9.74. The quantitative estimate of drug-likeness (QED) is 0.906. The van der Waals surface area contributed by atoms with E-state index in [0.717, 1.165) is 43.6 Å². The van der Waals surface area contributed by atoms with E-state index in [1.165, 1.54) is 6.42 Å². The first-order valence-electron chi connectivity index (χ1n) is 7.92. The zero-order chi connectivity index (χ0) is 14.7. The van der Waals surface area contributed by atoms with Crippen LogP contribution in [0.2, 0.25) is 0 Å². The maximum absolute atomic E-state index is 9.54. The molecule has 1 saturated heterocycles. The SMILES string of the molecule is CCOc1cccc(CO)c1OC1CCOC2(CCC2)C1. The van der Waals surface area contributed by atoms with E-state index >= 15 is 0 Å². The Morgan fingerprint density at radius 2 is 2.24 bits per heavy atom. The highest BCUT2D eigenvalue weighted by molar-refractivity contribution is 5.46. The number of hydrogen-bond donors (Lipinski definition) is 1. The minimum absolute atomic E-state index is 0.0371. The maximum Gasteiger partial charge on any atom is 0.167 e. The van der Waals surface area contributed by atoms with Crippen molar-refractivity contribution < 1.29 is 19.3 Å². The van der Waals surface area contributed by atoms with Crippen LogP contribution in [0.25, 0.3) is 0 Å². The van der Waals surface area contributed by atoms with Gasteiger partial charge in [-0.3, -0.25) is 0 Å². The minimum atomic E-state index is -0.0371. The lowest BCUT2D eigenvalue weighted by molar-refractivity contribution is -0.153. The number of rotatable bonds is 5. The van der Waals surface area contributed by atoms with Crippen molar-refractivity contribution in [2.24, 2.45) is 0 Å². The van der Waals surface area contributed by atoms with Gasteiger partial charge in [-0.1, -0.05) is 12.1 Å². The molecule has 1 aliphatic heterocycles. The molecular weight excluding hydrogens is 268 g/mol. The van der Waals surface area contributed by atoms with Gasteiger partial charge in [0.05, 0.1) is 25.4 Å². The Morgan fingerprint density at radius 1 is 1.38 bits per heavy atom. The van der Waals surface area contributed by atoms with Crippen molar-refractivity contribution in [3.05, 3.63) is 23.8 Å². The summed E-state index contributed by atoms with van der Waals surface area (Å²) < 4.78 is 17.8. The van der Waals surface area contributed by atoms with Crippen molar-refractivity contribution in [3.63, 3.8) is 0 Å². The molecule has 2 fully saturated rings. The molecule has 4 nitrogen and oxygen atoms in total. The zero-order valence-corrected chi connectivity index (χ0v) is 12.6. The number of aliphatic hydroxyl groups is 1. The van der Waals surface area contributed by atoms with Crippen molar-refractivity contribution in [2.75, 3.05) is 13.2 Å². The smallest absolute Gasteiger partial charge is 0.167 e. The molecule has 0 bridgehead atoms. The van der Waals surface area contributed by atoms with Gasteiger partial charge in [-0.05, 0) is 32.3 Å². The second-order valence-corrected chi connectivity index (χ2v) is 5.95. The molecule has 2 aliphatic rings. The van der Waals surface area contributed by atoms with Crippen LogP contribution in [0.1, 0.15) is 44.6 Å².